The van der Waals surface area contributed by atoms with Crippen molar-refractivity contribution in [1.82, 2.24) is 0 Å². The second-order valence-electron chi connectivity index (χ2n) is 17.6. The van der Waals surface area contributed by atoms with Gasteiger partial charge in [-0.05, 0) is 0 Å². The van der Waals surface area contributed by atoms with Gasteiger partial charge < -0.3 is 24.8 Å². The van der Waals surface area contributed by atoms with Gasteiger partial charge in [0.1, 0.15) is 0 Å². The molecule has 8 rings (SSSR count). The molecule has 5 heteroatoms. The van der Waals surface area contributed by atoms with E-state index < -0.39 is 19.3 Å². The molecule has 0 aromatic heterocycles. The van der Waals surface area contributed by atoms with E-state index >= 15 is 0 Å². The largest absolute Gasteiger partial charge is 1.00 e. The van der Waals surface area contributed by atoms with E-state index in [4.69, 9.17) is 23.2 Å². The van der Waals surface area contributed by atoms with Gasteiger partial charge in [0.15, 0.2) is 0 Å². The Morgan fingerprint density at radius 3 is 1.43 bits per heavy atom. The van der Waals surface area contributed by atoms with E-state index in [1.54, 1.807) is 3.28 Å². The van der Waals surface area contributed by atoms with Crippen LogP contribution in [0.25, 0.3) is 22.3 Å². The van der Waals surface area contributed by atoms with Crippen LogP contribution in [-0.2, 0) is 30.1 Å². The molecule has 0 atom stereocenters. The Labute approximate surface area is 343 Å². The molecule has 0 bridgehead atoms. The second kappa shape index (κ2) is 14.0. The SMILES string of the molecule is CC1=CC(C)(C)c2cc3c(cc21)-c1cc2c(cc1[CH]3[Zr+2](=[CH]c1ccc(Cl)cc1)(=[CH]c1ccc(Cl)cc1)[C]1=CC(C(C)(C)C)=CC1)C(C)(C)C=C2C.[Cl-].[Cl-]. The fourth-order valence-corrected chi connectivity index (χ4v) is 22.1. The van der Waals surface area contributed by atoms with Crippen LogP contribution in [0.1, 0.15) is 117 Å². The summed E-state index contributed by atoms with van der Waals surface area (Å²) in [4.78, 5) is 0. The van der Waals surface area contributed by atoms with Crippen molar-refractivity contribution in [1.29, 1.82) is 0 Å². The number of hydrogen-bond acceptors (Lipinski definition) is 0. The van der Waals surface area contributed by atoms with Crippen LogP contribution < -0.4 is 24.8 Å². The first kappa shape index (κ1) is 40.3. The minimum atomic E-state index is -4.00. The average Bonchev–Trinajstić information content (AvgIpc) is 3.79. The van der Waals surface area contributed by atoms with Crippen LogP contribution >= 0.6 is 23.2 Å². The zero-order valence-corrected chi connectivity index (χ0v) is 37.7. The molecule has 53 heavy (non-hydrogen) atoms. The molecule has 0 radical (unpaired) electrons. The molecule has 4 aliphatic carbocycles. The van der Waals surface area contributed by atoms with E-state index in [1.807, 2.05) is 0 Å². The molecule has 4 aliphatic rings. The molecule has 0 heterocycles. The maximum absolute atomic E-state index is 6.52. The van der Waals surface area contributed by atoms with Crippen LogP contribution in [0, 0.1) is 5.41 Å². The summed E-state index contributed by atoms with van der Waals surface area (Å²) in [5.41, 5.74) is 18.3. The zero-order chi connectivity index (χ0) is 36.2. The van der Waals surface area contributed by atoms with Gasteiger partial charge in [0.2, 0.25) is 0 Å². The monoisotopic (exact) mass is 854 g/mol. The first-order chi connectivity index (χ1) is 24.0. The summed E-state index contributed by atoms with van der Waals surface area (Å²) in [6, 6.07) is 27.5. The average molecular weight is 858 g/mol. The Kier molecular flexibility index (Phi) is 10.6. The maximum atomic E-state index is 6.52. The minimum absolute atomic E-state index is 0. The molecule has 0 spiro atoms. The summed E-state index contributed by atoms with van der Waals surface area (Å²) < 4.78 is 7.35. The quantitative estimate of drug-likeness (QED) is 0.199. The molecule has 0 saturated carbocycles. The fourth-order valence-electron chi connectivity index (χ4n) is 9.57. The summed E-state index contributed by atoms with van der Waals surface area (Å²) in [5, 5.41) is 1.54. The normalized spacial score (nSPS) is 17.0. The molecule has 0 fully saturated rings. The molecule has 4 aromatic carbocycles. The topological polar surface area (TPSA) is 0 Å². The first-order valence-electron chi connectivity index (χ1n) is 18.4. The molecule has 0 nitrogen and oxygen atoms in total. The number of benzene rings is 4. The van der Waals surface area contributed by atoms with Gasteiger partial charge in [0.05, 0.1) is 0 Å². The predicted molar refractivity (Wildman–Crippen MR) is 221 cm³/mol. The van der Waals surface area contributed by atoms with E-state index in [2.05, 4.69) is 167 Å². The molecule has 272 valence electrons. The minimum Gasteiger partial charge on any atom is -1.00 e. The Hall–Kier alpha value is -2.38. The fraction of sp³-hybridized carbons (Fsp3) is 0.292. The van der Waals surface area contributed by atoms with Crippen molar-refractivity contribution < 1.29 is 44.1 Å². The van der Waals surface area contributed by atoms with Crippen molar-refractivity contribution in [2.45, 2.75) is 83.2 Å². The molecule has 4 aromatic rings. The van der Waals surface area contributed by atoms with Gasteiger partial charge >= 0.3 is 321 Å². The number of halogens is 4. The van der Waals surface area contributed by atoms with Crippen molar-refractivity contribution in [2.75, 3.05) is 0 Å². The van der Waals surface area contributed by atoms with Gasteiger partial charge in [0.25, 0.3) is 0 Å². The Morgan fingerprint density at radius 2 is 1.06 bits per heavy atom. The van der Waals surface area contributed by atoms with E-state index in [-0.39, 0.29) is 44.7 Å². The zero-order valence-electron chi connectivity index (χ0n) is 32.2. The Morgan fingerprint density at radius 1 is 0.642 bits per heavy atom. The van der Waals surface area contributed by atoms with Gasteiger partial charge in [-0.3, -0.25) is 0 Å². The van der Waals surface area contributed by atoms with Crippen molar-refractivity contribution in [3.8, 4) is 11.1 Å². The standard InChI is InChI=1S/C25H25.C9H13.2C7H5Cl.2ClH.Zr/c1-14-12-24(3,4)22-8-16-7-17-9-23-19(15(2)13-25(23,5)6)11-21(17)20(16)10-18(14)22;1-9(2,3)8-6-4-5-7-8;2*1-6-2-4-7(8)5-3-6;;;/h7-13H,1-6H3;6-7H,4H2,1-3H3;2*1-5H;2*1H;/q;;;;;;+2/p-2. The smallest absolute Gasteiger partial charge is 1.00 e. The van der Waals surface area contributed by atoms with E-state index in [9.17, 15) is 0 Å². The van der Waals surface area contributed by atoms with Gasteiger partial charge in [-0.2, -0.15) is 0 Å². The molecule has 0 unspecified atom stereocenters. The summed E-state index contributed by atoms with van der Waals surface area (Å²) in [6.45, 7) is 21.2. The maximum Gasteiger partial charge on any atom is -1.00 e. The molecule has 0 aliphatic heterocycles. The molecule has 0 N–H and O–H groups in total. The molecule has 0 amide bonds. The Bertz CT molecular complexity index is 2270. The number of rotatable bonds is 4. The van der Waals surface area contributed by atoms with Crippen LogP contribution in [-0.4, -0.2) is 7.42 Å². The predicted octanol–water partition coefficient (Wildman–Crippen LogP) is 7.58. The van der Waals surface area contributed by atoms with Gasteiger partial charge in [-0.15, -0.1) is 0 Å². The van der Waals surface area contributed by atoms with Crippen molar-refractivity contribution >= 4 is 41.8 Å². The Balaban J connectivity index is 0.00000240. The second-order valence-corrected chi connectivity index (χ2v) is 27.5. The van der Waals surface area contributed by atoms with Crippen LogP contribution in [0.4, 0.5) is 0 Å². The molecular weight excluding hydrogens is 810 g/mol. The van der Waals surface area contributed by atoms with Gasteiger partial charge in [0, 0.05) is 0 Å². The first-order valence-corrected chi connectivity index (χ1v) is 24.6. The van der Waals surface area contributed by atoms with Gasteiger partial charge in [-0.25, -0.2) is 0 Å². The van der Waals surface area contributed by atoms with E-state index in [0.29, 0.717) is 0 Å². The summed E-state index contributed by atoms with van der Waals surface area (Å²) in [7, 11) is 0. The summed E-state index contributed by atoms with van der Waals surface area (Å²) >= 11 is 9.05. The molecular formula is C48H48Cl4Zr. The van der Waals surface area contributed by atoms with Crippen molar-refractivity contribution in [3.05, 3.63) is 161 Å². The third-order valence-corrected chi connectivity index (χ3v) is 24.0. The van der Waals surface area contributed by atoms with Gasteiger partial charge in [-0.1, -0.05) is 0 Å². The number of hydrogen-bond donors (Lipinski definition) is 0. The number of allylic oxidation sites excluding steroid dienone is 8. The van der Waals surface area contributed by atoms with Crippen LogP contribution in [0.2, 0.25) is 10.0 Å². The van der Waals surface area contributed by atoms with Crippen molar-refractivity contribution in [2.24, 2.45) is 5.41 Å². The summed E-state index contributed by atoms with van der Waals surface area (Å²) in [6.07, 6.45) is 11.0. The van der Waals surface area contributed by atoms with E-state index in [1.165, 1.54) is 72.4 Å². The van der Waals surface area contributed by atoms with Crippen LogP contribution in [0.15, 0.2) is 106 Å². The molecule has 0 saturated heterocycles. The third-order valence-electron chi connectivity index (χ3n) is 12.0. The summed E-state index contributed by atoms with van der Waals surface area (Å²) in [5.74, 6) is 0. The van der Waals surface area contributed by atoms with Crippen LogP contribution in [0.5, 0.6) is 0 Å². The van der Waals surface area contributed by atoms with Crippen LogP contribution in [0.3, 0.4) is 0 Å². The van der Waals surface area contributed by atoms with Crippen molar-refractivity contribution in [3.63, 3.8) is 0 Å². The van der Waals surface area contributed by atoms with E-state index in [0.717, 1.165) is 16.5 Å². The number of fused-ring (bicyclic) bond motifs is 5. The third kappa shape index (κ3) is 6.80.